The van der Waals surface area contributed by atoms with Gasteiger partial charge < -0.3 is 10.6 Å². The van der Waals surface area contributed by atoms with E-state index in [0.29, 0.717) is 12.1 Å². The molecule has 0 aliphatic carbocycles. The Morgan fingerprint density at radius 2 is 1.67 bits per heavy atom. The van der Waals surface area contributed by atoms with Crippen molar-refractivity contribution >= 4 is 11.7 Å². The second-order valence-electron chi connectivity index (χ2n) is 4.74. The van der Waals surface area contributed by atoms with Gasteiger partial charge in [0.15, 0.2) is 0 Å². The zero-order chi connectivity index (χ0) is 17.9. The summed E-state index contributed by atoms with van der Waals surface area (Å²) in [5, 5.41) is 4.14. The van der Waals surface area contributed by atoms with Gasteiger partial charge in [0, 0.05) is 18.2 Å². The normalized spacial score (nSPS) is 11.2. The Labute approximate surface area is 132 Å². The van der Waals surface area contributed by atoms with Crippen LogP contribution < -0.4 is 10.6 Å². The quantitative estimate of drug-likeness (QED) is 0.791. The Morgan fingerprint density at radius 1 is 0.958 bits per heavy atom. The van der Waals surface area contributed by atoms with Gasteiger partial charge in [0.25, 0.3) is 0 Å². The molecule has 2 amide bonds. The SMILES string of the molecule is O=C(NCc1ccc(C(F)(F)F)cc1F)Nc1cc(F)ccc1F. The van der Waals surface area contributed by atoms with Gasteiger partial charge in [-0.3, -0.25) is 0 Å². The van der Waals surface area contributed by atoms with E-state index in [2.05, 4.69) is 5.32 Å². The van der Waals surface area contributed by atoms with Crippen LogP contribution in [0.4, 0.5) is 36.8 Å². The standard InChI is InChI=1S/C15H10F6N2O/c16-10-3-4-11(17)13(6-10)23-14(24)22-7-8-1-2-9(5-12(8)18)15(19,20)21/h1-6H,7H2,(H2,22,23,24). The highest BCUT2D eigenvalue weighted by molar-refractivity contribution is 5.89. The van der Waals surface area contributed by atoms with Gasteiger partial charge in [0.05, 0.1) is 11.3 Å². The lowest BCUT2D eigenvalue weighted by Gasteiger charge is -2.11. The van der Waals surface area contributed by atoms with Crippen molar-refractivity contribution in [2.24, 2.45) is 0 Å². The molecule has 0 saturated carbocycles. The van der Waals surface area contributed by atoms with Crippen LogP contribution in [0.5, 0.6) is 0 Å². The molecule has 2 rings (SSSR count). The summed E-state index contributed by atoms with van der Waals surface area (Å²) in [5.41, 5.74) is -1.78. The largest absolute Gasteiger partial charge is 0.416 e. The molecule has 2 aromatic carbocycles. The van der Waals surface area contributed by atoms with E-state index in [4.69, 9.17) is 0 Å². The van der Waals surface area contributed by atoms with E-state index in [1.165, 1.54) is 0 Å². The summed E-state index contributed by atoms with van der Waals surface area (Å²) in [6.45, 7) is -0.438. The Morgan fingerprint density at radius 3 is 2.29 bits per heavy atom. The maximum atomic E-state index is 13.6. The lowest BCUT2D eigenvalue weighted by Crippen LogP contribution is -2.29. The third-order valence-corrected chi connectivity index (χ3v) is 3.00. The van der Waals surface area contributed by atoms with Crippen molar-refractivity contribution in [2.75, 3.05) is 5.32 Å². The molecule has 0 unspecified atom stereocenters. The van der Waals surface area contributed by atoms with Gasteiger partial charge in [-0.2, -0.15) is 13.2 Å². The van der Waals surface area contributed by atoms with Crippen LogP contribution in [-0.2, 0) is 12.7 Å². The first-order valence-corrected chi connectivity index (χ1v) is 6.52. The average molecular weight is 348 g/mol. The number of hydrogen-bond donors (Lipinski definition) is 2. The number of anilines is 1. The predicted octanol–water partition coefficient (Wildman–Crippen LogP) is 4.44. The van der Waals surface area contributed by atoms with Crippen LogP contribution in [-0.4, -0.2) is 6.03 Å². The minimum atomic E-state index is -4.68. The smallest absolute Gasteiger partial charge is 0.334 e. The third kappa shape index (κ3) is 4.40. The van der Waals surface area contributed by atoms with Crippen molar-refractivity contribution in [3.63, 3.8) is 0 Å². The number of amides is 2. The van der Waals surface area contributed by atoms with E-state index in [9.17, 15) is 31.1 Å². The zero-order valence-corrected chi connectivity index (χ0v) is 11.8. The van der Waals surface area contributed by atoms with Crippen LogP contribution in [0, 0.1) is 17.5 Å². The minimum absolute atomic E-state index is 0.196. The summed E-state index contributed by atoms with van der Waals surface area (Å²) in [7, 11) is 0. The number of halogens is 6. The Balaban J connectivity index is 2.00. The summed E-state index contributed by atoms with van der Waals surface area (Å²) < 4.78 is 77.1. The molecule has 0 radical (unpaired) electrons. The van der Waals surface area contributed by atoms with E-state index in [1.807, 2.05) is 5.32 Å². The van der Waals surface area contributed by atoms with Gasteiger partial charge in [-0.15, -0.1) is 0 Å². The number of nitrogens with one attached hydrogen (secondary N) is 2. The zero-order valence-electron chi connectivity index (χ0n) is 11.8. The first-order chi connectivity index (χ1) is 11.2. The van der Waals surface area contributed by atoms with Gasteiger partial charge >= 0.3 is 12.2 Å². The third-order valence-electron chi connectivity index (χ3n) is 3.00. The molecule has 0 heterocycles. The molecule has 2 N–H and O–H groups in total. The van der Waals surface area contributed by atoms with Crippen LogP contribution in [0.1, 0.15) is 11.1 Å². The lowest BCUT2D eigenvalue weighted by atomic mass is 10.1. The second kappa shape index (κ2) is 6.81. The fourth-order valence-corrected chi connectivity index (χ4v) is 1.80. The van der Waals surface area contributed by atoms with Crippen LogP contribution in [0.25, 0.3) is 0 Å². The molecule has 0 aliphatic heterocycles. The molecule has 9 heteroatoms. The van der Waals surface area contributed by atoms with E-state index in [0.717, 1.165) is 24.3 Å². The molecule has 128 valence electrons. The van der Waals surface area contributed by atoms with Crippen molar-refractivity contribution < 1.29 is 31.1 Å². The van der Waals surface area contributed by atoms with E-state index < -0.39 is 47.5 Å². The van der Waals surface area contributed by atoms with Crippen LogP contribution in [0.15, 0.2) is 36.4 Å². The first-order valence-electron chi connectivity index (χ1n) is 6.52. The van der Waals surface area contributed by atoms with E-state index >= 15 is 0 Å². The molecule has 0 aromatic heterocycles. The molecule has 0 saturated heterocycles. The van der Waals surface area contributed by atoms with Gasteiger partial charge in [-0.1, -0.05) is 6.07 Å². The van der Waals surface area contributed by atoms with Crippen molar-refractivity contribution in [1.29, 1.82) is 0 Å². The molecule has 0 aliphatic rings. The molecular formula is C15H10F6N2O. The monoisotopic (exact) mass is 348 g/mol. The molecule has 0 spiro atoms. The van der Waals surface area contributed by atoms with Crippen molar-refractivity contribution in [1.82, 2.24) is 5.32 Å². The number of rotatable bonds is 3. The topological polar surface area (TPSA) is 41.1 Å². The van der Waals surface area contributed by atoms with Crippen molar-refractivity contribution in [3.05, 3.63) is 65.0 Å². The number of alkyl halides is 3. The van der Waals surface area contributed by atoms with Gasteiger partial charge in [0.1, 0.15) is 17.5 Å². The molecule has 2 aromatic rings. The highest BCUT2D eigenvalue weighted by atomic mass is 19.4. The molecule has 0 atom stereocenters. The minimum Gasteiger partial charge on any atom is -0.334 e. The number of urea groups is 1. The van der Waals surface area contributed by atoms with Crippen LogP contribution >= 0.6 is 0 Å². The Bertz CT molecular complexity index is 760. The number of carbonyl (C=O) groups is 1. The predicted molar refractivity (Wildman–Crippen MR) is 73.6 cm³/mol. The second-order valence-corrected chi connectivity index (χ2v) is 4.74. The molecule has 0 bridgehead atoms. The fourth-order valence-electron chi connectivity index (χ4n) is 1.80. The summed E-state index contributed by atoms with van der Waals surface area (Å²) in [5.74, 6) is -2.81. The van der Waals surface area contributed by atoms with Crippen molar-refractivity contribution in [3.8, 4) is 0 Å². The lowest BCUT2D eigenvalue weighted by molar-refractivity contribution is -0.137. The number of hydrogen-bond acceptors (Lipinski definition) is 1. The van der Waals surface area contributed by atoms with E-state index in [-0.39, 0.29) is 5.56 Å². The molecular weight excluding hydrogens is 338 g/mol. The Hall–Kier alpha value is -2.71. The maximum absolute atomic E-state index is 13.6. The summed E-state index contributed by atoms with van der Waals surface area (Å²) in [6.07, 6.45) is -4.68. The van der Waals surface area contributed by atoms with Gasteiger partial charge in [-0.25, -0.2) is 18.0 Å². The highest BCUT2D eigenvalue weighted by Crippen LogP contribution is 2.30. The number of benzene rings is 2. The summed E-state index contributed by atoms with van der Waals surface area (Å²) in [4.78, 5) is 11.6. The average Bonchev–Trinajstić information content (AvgIpc) is 2.48. The van der Waals surface area contributed by atoms with Gasteiger partial charge in [0.2, 0.25) is 0 Å². The first kappa shape index (κ1) is 17.6. The van der Waals surface area contributed by atoms with Gasteiger partial charge in [-0.05, 0) is 24.3 Å². The van der Waals surface area contributed by atoms with E-state index in [1.54, 1.807) is 0 Å². The molecule has 3 nitrogen and oxygen atoms in total. The summed E-state index contributed by atoms with van der Waals surface area (Å²) >= 11 is 0. The fraction of sp³-hybridized carbons (Fsp3) is 0.133. The molecule has 24 heavy (non-hydrogen) atoms. The maximum Gasteiger partial charge on any atom is 0.416 e. The summed E-state index contributed by atoms with van der Waals surface area (Å²) in [6, 6.07) is 3.29. The van der Waals surface area contributed by atoms with Crippen LogP contribution in [0.2, 0.25) is 0 Å². The van der Waals surface area contributed by atoms with Crippen LogP contribution in [0.3, 0.4) is 0 Å². The van der Waals surface area contributed by atoms with Crippen molar-refractivity contribution in [2.45, 2.75) is 12.7 Å². The molecule has 0 fully saturated rings. The Kier molecular flexibility index (Phi) is 5.01. The highest BCUT2D eigenvalue weighted by Gasteiger charge is 2.31. The number of carbonyl (C=O) groups excluding carboxylic acids is 1.